The lowest BCUT2D eigenvalue weighted by atomic mass is 10.0. The number of hydrogen-bond acceptors (Lipinski definition) is 5. The second-order valence-corrected chi connectivity index (χ2v) is 5.96. The van der Waals surface area contributed by atoms with E-state index in [1.54, 1.807) is 11.3 Å². The van der Waals surface area contributed by atoms with Crippen LogP contribution in [-0.4, -0.2) is 20.5 Å². The Morgan fingerprint density at radius 1 is 1.14 bits per heavy atom. The third-order valence-corrected chi connectivity index (χ3v) is 4.46. The zero-order valence-corrected chi connectivity index (χ0v) is 12.6. The summed E-state index contributed by atoms with van der Waals surface area (Å²) >= 11 is 7.60. The van der Waals surface area contributed by atoms with Gasteiger partial charge in [0.05, 0.1) is 0 Å². The number of aryl methyl sites for hydroxylation is 1. The summed E-state index contributed by atoms with van der Waals surface area (Å²) in [5.41, 5.74) is 5.92. The van der Waals surface area contributed by atoms with Gasteiger partial charge < -0.3 is 0 Å². The van der Waals surface area contributed by atoms with Crippen molar-refractivity contribution in [3.05, 3.63) is 57.7 Å². The molecule has 0 amide bonds. The molecular weight excluding hydrogens is 306 g/mol. The van der Waals surface area contributed by atoms with Gasteiger partial charge >= 0.3 is 0 Å². The lowest BCUT2D eigenvalue weighted by molar-refractivity contribution is 0.984. The first-order valence-electron chi connectivity index (χ1n) is 6.34. The molecular formula is C14H10ClN5S. The maximum Gasteiger partial charge on any atom is 0.250 e. The lowest BCUT2D eigenvalue weighted by Gasteiger charge is -2.06. The quantitative estimate of drug-likeness (QED) is 0.748. The number of hydrogen-bond donors (Lipinski definition) is 1. The van der Waals surface area contributed by atoms with E-state index in [4.69, 9.17) is 11.6 Å². The number of nitrogens with zero attached hydrogens (tertiary/aromatic N) is 4. The molecule has 1 N–H and O–H groups in total. The molecule has 1 aliphatic rings. The fourth-order valence-corrected chi connectivity index (χ4v) is 3.40. The molecule has 3 heterocycles. The van der Waals surface area contributed by atoms with E-state index in [0.717, 1.165) is 27.7 Å². The molecule has 0 aliphatic carbocycles. The van der Waals surface area contributed by atoms with Gasteiger partial charge in [-0.3, -0.25) is 4.57 Å². The number of thiophene rings is 1. The molecule has 0 saturated heterocycles. The van der Waals surface area contributed by atoms with Gasteiger partial charge in [0.1, 0.15) is 16.5 Å². The zero-order valence-electron chi connectivity index (χ0n) is 11.0. The predicted octanol–water partition coefficient (Wildman–Crippen LogP) is 3.47. The molecule has 0 radical (unpaired) electrons. The van der Waals surface area contributed by atoms with Crippen LogP contribution >= 0.6 is 22.9 Å². The summed E-state index contributed by atoms with van der Waals surface area (Å²) in [5, 5.41) is 16.5. The van der Waals surface area contributed by atoms with Crippen molar-refractivity contribution in [3.63, 3.8) is 0 Å². The van der Waals surface area contributed by atoms with E-state index in [1.165, 1.54) is 0 Å². The number of rotatable bonds is 1. The highest BCUT2D eigenvalue weighted by atomic mass is 35.5. The topological polar surface area (TPSA) is 55.1 Å². The molecule has 3 aromatic rings. The predicted molar refractivity (Wildman–Crippen MR) is 84.7 cm³/mol. The monoisotopic (exact) mass is 315 g/mol. The molecule has 0 saturated carbocycles. The smallest absolute Gasteiger partial charge is 0.250 e. The van der Waals surface area contributed by atoms with E-state index in [-0.39, 0.29) is 0 Å². The Bertz CT molecular complexity index is 847. The van der Waals surface area contributed by atoms with Crippen LogP contribution in [0.2, 0.25) is 5.02 Å². The van der Waals surface area contributed by atoms with Crippen molar-refractivity contribution in [2.75, 3.05) is 5.43 Å². The van der Waals surface area contributed by atoms with Crippen molar-refractivity contribution < 1.29 is 0 Å². The van der Waals surface area contributed by atoms with Crippen molar-refractivity contribution in [2.24, 2.45) is 5.10 Å². The van der Waals surface area contributed by atoms with E-state index in [9.17, 15) is 0 Å². The molecule has 4 rings (SSSR count). The Kier molecular flexibility index (Phi) is 2.80. The van der Waals surface area contributed by atoms with Crippen LogP contribution in [0.1, 0.15) is 17.0 Å². The van der Waals surface area contributed by atoms with E-state index in [1.807, 2.05) is 41.1 Å². The van der Waals surface area contributed by atoms with Gasteiger partial charge in [0.15, 0.2) is 0 Å². The second kappa shape index (κ2) is 4.68. The fourth-order valence-electron chi connectivity index (χ4n) is 2.33. The molecule has 0 unspecified atom stereocenters. The van der Waals surface area contributed by atoms with Crippen LogP contribution in [0.15, 0.2) is 40.8 Å². The molecule has 0 spiro atoms. The third kappa shape index (κ3) is 1.95. The molecule has 7 heteroatoms. The van der Waals surface area contributed by atoms with Crippen molar-refractivity contribution >= 4 is 34.6 Å². The molecule has 0 bridgehead atoms. The molecule has 0 fully saturated rings. The van der Waals surface area contributed by atoms with E-state index >= 15 is 0 Å². The Hall–Kier alpha value is -2.18. The van der Waals surface area contributed by atoms with Crippen molar-refractivity contribution in [1.82, 2.24) is 14.8 Å². The Morgan fingerprint density at radius 2 is 1.95 bits per heavy atom. The molecule has 104 valence electrons. The highest BCUT2D eigenvalue weighted by molar-refractivity contribution is 7.13. The van der Waals surface area contributed by atoms with Crippen LogP contribution in [0.5, 0.6) is 0 Å². The van der Waals surface area contributed by atoms with Gasteiger partial charge in [-0.1, -0.05) is 23.7 Å². The number of aromatic nitrogens is 3. The van der Waals surface area contributed by atoms with Gasteiger partial charge in [0, 0.05) is 16.1 Å². The average Bonchev–Trinajstić information content (AvgIpc) is 3.05. The molecule has 2 aromatic heterocycles. The van der Waals surface area contributed by atoms with Crippen LogP contribution in [0.4, 0.5) is 5.95 Å². The summed E-state index contributed by atoms with van der Waals surface area (Å²) in [6.45, 7) is 1.93. The maximum absolute atomic E-state index is 5.96. The first-order valence-corrected chi connectivity index (χ1v) is 7.60. The number of fused-ring (bicyclic) bond motifs is 3. The molecule has 1 aliphatic heterocycles. The van der Waals surface area contributed by atoms with Gasteiger partial charge in [-0.15, -0.1) is 21.5 Å². The minimum absolute atomic E-state index is 0.625. The fraction of sp³-hybridized carbons (Fsp3) is 0.0714. The molecule has 0 atom stereocenters. The number of hydrazone groups is 1. The van der Waals surface area contributed by atoms with Crippen LogP contribution < -0.4 is 5.43 Å². The SMILES string of the molecule is Cc1nnc2n1-c1sccc1C(c1ccc(Cl)cc1)=NN2. The number of anilines is 1. The Balaban J connectivity index is 1.92. The van der Waals surface area contributed by atoms with Gasteiger partial charge in [-0.25, -0.2) is 5.43 Å². The second-order valence-electron chi connectivity index (χ2n) is 4.62. The third-order valence-electron chi connectivity index (χ3n) is 3.31. The van der Waals surface area contributed by atoms with Gasteiger partial charge in [-0.2, -0.15) is 5.10 Å². The van der Waals surface area contributed by atoms with E-state index < -0.39 is 0 Å². The summed E-state index contributed by atoms with van der Waals surface area (Å²) in [5.74, 6) is 1.45. The van der Waals surface area contributed by atoms with Crippen molar-refractivity contribution in [2.45, 2.75) is 6.92 Å². The van der Waals surface area contributed by atoms with Gasteiger partial charge in [-0.05, 0) is 30.5 Å². The van der Waals surface area contributed by atoms with Crippen LogP contribution in [0, 0.1) is 6.92 Å². The van der Waals surface area contributed by atoms with E-state index in [2.05, 4.69) is 26.8 Å². The number of halogens is 1. The minimum Gasteiger partial charge on any atom is -0.254 e. The van der Waals surface area contributed by atoms with Crippen LogP contribution in [-0.2, 0) is 0 Å². The summed E-state index contributed by atoms with van der Waals surface area (Å²) < 4.78 is 1.98. The zero-order chi connectivity index (χ0) is 14.4. The Morgan fingerprint density at radius 3 is 2.76 bits per heavy atom. The summed E-state index contributed by atoms with van der Waals surface area (Å²) in [7, 11) is 0. The molecule has 5 nitrogen and oxygen atoms in total. The lowest BCUT2D eigenvalue weighted by Crippen LogP contribution is -2.05. The van der Waals surface area contributed by atoms with Gasteiger partial charge in [0.2, 0.25) is 5.95 Å². The highest BCUT2D eigenvalue weighted by Gasteiger charge is 2.22. The standard InChI is InChI=1S/C14H10ClN5S/c1-8-16-18-14-19-17-12(9-2-4-10(15)5-3-9)11-6-7-21-13(11)20(8)14/h2-7H,1H3,(H,18,19). The summed E-state index contributed by atoms with van der Waals surface area (Å²) in [6.07, 6.45) is 0. The first-order chi connectivity index (χ1) is 10.2. The van der Waals surface area contributed by atoms with Crippen molar-refractivity contribution in [1.29, 1.82) is 0 Å². The van der Waals surface area contributed by atoms with Crippen molar-refractivity contribution in [3.8, 4) is 5.00 Å². The Labute approximate surface area is 129 Å². The highest BCUT2D eigenvalue weighted by Crippen LogP contribution is 2.30. The van der Waals surface area contributed by atoms with Crippen LogP contribution in [0.3, 0.4) is 0 Å². The number of nitrogens with one attached hydrogen (secondary N) is 1. The molecule has 1 aromatic carbocycles. The largest absolute Gasteiger partial charge is 0.254 e. The number of benzene rings is 1. The van der Waals surface area contributed by atoms with Crippen LogP contribution in [0.25, 0.3) is 5.00 Å². The molecule has 21 heavy (non-hydrogen) atoms. The maximum atomic E-state index is 5.96. The summed E-state index contributed by atoms with van der Waals surface area (Å²) in [6, 6.07) is 9.71. The van der Waals surface area contributed by atoms with E-state index in [0.29, 0.717) is 11.0 Å². The summed E-state index contributed by atoms with van der Waals surface area (Å²) in [4.78, 5) is 0. The van der Waals surface area contributed by atoms with Gasteiger partial charge in [0.25, 0.3) is 0 Å². The average molecular weight is 316 g/mol. The normalized spacial score (nSPS) is 13.0. The first kappa shape index (κ1) is 12.6. The minimum atomic E-state index is 0.625.